The Kier molecular flexibility index (Phi) is 8.77. The molecule has 5 nitrogen and oxygen atoms in total. The number of nitriles is 1. The van der Waals surface area contributed by atoms with Crippen LogP contribution in [0.1, 0.15) is 68.9 Å². The lowest BCUT2D eigenvalue weighted by Crippen LogP contribution is -2.24. The smallest absolute Gasteiger partial charge is 0.238 e. The van der Waals surface area contributed by atoms with Crippen LogP contribution in [0.3, 0.4) is 0 Å². The van der Waals surface area contributed by atoms with Crippen molar-refractivity contribution >= 4 is 45.6 Å². The van der Waals surface area contributed by atoms with E-state index in [9.17, 15) is 14.9 Å². The summed E-state index contributed by atoms with van der Waals surface area (Å²) in [5, 5.41) is 16.1. The molecule has 2 amide bonds. The van der Waals surface area contributed by atoms with Crippen molar-refractivity contribution in [1.82, 2.24) is 0 Å². The van der Waals surface area contributed by atoms with Gasteiger partial charge in [0.25, 0.3) is 0 Å². The topological polar surface area (TPSA) is 82.0 Å². The van der Waals surface area contributed by atoms with Gasteiger partial charge in [0, 0.05) is 21.9 Å². The van der Waals surface area contributed by atoms with Crippen molar-refractivity contribution < 1.29 is 9.59 Å². The van der Waals surface area contributed by atoms with E-state index in [0.717, 1.165) is 48.3 Å². The zero-order valence-electron chi connectivity index (χ0n) is 19.0. The van der Waals surface area contributed by atoms with Gasteiger partial charge in [0.15, 0.2) is 0 Å². The highest BCUT2D eigenvalue weighted by Gasteiger charge is 2.26. The van der Waals surface area contributed by atoms with Gasteiger partial charge in [-0.25, -0.2) is 0 Å². The van der Waals surface area contributed by atoms with E-state index in [1.807, 2.05) is 31.2 Å². The summed E-state index contributed by atoms with van der Waals surface area (Å²) in [4.78, 5) is 27.3. The summed E-state index contributed by atoms with van der Waals surface area (Å²) in [5.41, 5.74) is 2.51. The van der Waals surface area contributed by atoms with Gasteiger partial charge in [0.2, 0.25) is 11.8 Å². The number of fused-ring (bicyclic) bond motifs is 1. The van der Waals surface area contributed by atoms with E-state index in [4.69, 9.17) is 0 Å². The first kappa shape index (κ1) is 24.3. The minimum Gasteiger partial charge on any atom is -0.326 e. The van der Waals surface area contributed by atoms with Crippen LogP contribution in [0.15, 0.2) is 29.2 Å². The number of nitrogens with zero attached hydrogens (tertiary/aromatic N) is 1. The number of hydrogen-bond acceptors (Lipinski definition) is 5. The minimum absolute atomic E-state index is 0.0128. The minimum atomic E-state index is -0.286. The number of carbonyl (C=O) groups is 2. The highest BCUT2D eigenvalue weighted by Crippen LogP contribution is 2.39. The monoisotopic (exact) mass is 469 g/mol. The first-order chi connectivity index (χ1) is 15.4. The molecule has 32 heavy (non-hydrogen) atoms. The third kappa shape index (κ3) is 6.14. The molecule has 2 atom stereocenters. The Morgan fingerprint density at radius 1 is 1.31 bits per heavy atom. The zero-order chi connectivity index (χ0) is 23.1. The van der Waals surface area contributed by atoms with Crippen LogP contribution in [0, 0.1) is 17.2 Å². The van der Waals surface area contributed by atoms with Crippen molar-refractivity contribution in [2.24, 2.45) is 5.92 Å². The number of thioether (sulfide) groups is 1. The van der Waals surface area contributed by atoms with E-state index in [1.165, 1.54) is 16.6 Å². The number of thiophene rings is 1. The van der Waals surface area contributed by atoms with Crippen molar-refractivity contribution in [3.8, 4) is 6.07 Å². The lowest BCUT2D eigenvalue weighted by Gasteiger charge is -2.17. The van der Waals surface area contributed by atoms with Crippen molar-refractivity contribution in [3.63, 3.8) is 0 Å². The van der Waals surface area contributed by atoms with Crippen LogP contribution < -0.4 is 10.6 Å². The van der Waals surface area contributed by atoms with E-state index in [0.29, 0.717) is 29.3 Å². The van der Waals surface area contributed by atoms with E-state index in [2.05, 4.69) is 30.6 Å². The predicted molar refractivity (Wildman–Crippen MR) is 133 cm³/mol. The summed E-state index contributed by atoms with van der Waals surface area (Å²) in [6, 6.07) is 9.94. The quantitative estimate of drug-likeness (QED) is 0.417. The molecule has 1 aromatic carbocycles. The van der Waals surface area contributed by atoms with Gasteiger partial charge >= 0.3 is 0 Å². The summed E-state index contributed by atoms with van der Waals surface area (Å²) in [6.07, 6.45) is 6.00. The molecule has 2 N–H and O–H groups in total. The van der Waals surface area contributed by atoms with Gasteiger partial charge in [-0.05, 0) is 61.8 Å². The predicted octanol–water partition coefficient (Wildman–Crippen LogP) is 6.38. The second kappa shape index (κ2) is 11.5. The molecule has 0 spiro atoms. The van der Waals surface area contributed by atoms with Gasteiger partial charge in [-0.15, -0.1) is 23.1 Å². The van der Waals surface area contributed by atoms with Crippen LogP contribution >= 0.6 is 23.1 Å². The molecule has 0 saturated carbocycles. The Labute approximate surface area is 199 Å². The number of amides is 2. The Bertz CT molecular complexity index is 1010. The highest BCUT2D eigenvalue weighted by molar-refractivity contribution is 8.00. The summed E-state index contributed by atoms with van der Waals surface area (Å²) in [7, 11) is 0. The molecule has 0 radical (unpaired) electrons. The van der Waals surface area contributed by atoms with E-state index < -0.39 is 0 Å². The van der Waals surface area contributed by atoms with Crippen molar-refractivity contribution in [1.29, 1.82) is 5.26 Å². The molecule has 0 fully saturated rings. The molecule has 0 saturated heterocycles. The van der Waals surface area contributed by atoms with Crippen molar-refractivity contribution in [2.45, 2.75) is 75.9 Å². The molecule has 0 bridgehead atoms. The summed E-state index contributed by atoms with van der Waals surface area (Å²) in [6.45, 7) is 6.28. The van der Waals surface area contributed by atoms with Gasteiger partial charge in [0.1, 0.15) is 11.1 Å². The third-order valence-corrected chi connectivity index (χ3v) is 8.20. The first-order valence-electron chi connectivity index (χ1n) is 11.4. The second-order valence-electron chi connectivity index (χ2n) is 8.35. The fourth-order valence-corrected chi connectivity index (χ4v) is 6.22. The maximum atomic E-state index is 13.1. The Morgan fingerprint density at radius 3 is 2.84 bits per heavy atom. The first-order valence-corrected chi connectivity index (χ1v) is 13.1. The van der Waals surface area contributed by atoms with E-state index in [1.54, 1.807) is 11.3 Å². The van der Waals surface area contributed by atoms with Gasteiger partial charge in [-0.3, -0.25) is 9.59 Å². The maximum absolute atomic E-state index is 13.1. The Morgan fingerprint density at radius 2 is 2.12 bits per heavy atom. The normalized spacial score (nSPS) is 16.0. The van der Waals surface area contributed by atoms with Gasteiger partial charge in [-0.2, -0.15) is 5.26 Å². The second-order valence-corrected chi connectivity index (χ2v) is 10.7. The lowest BCUT2D eigenvalue weighted by molar-refractivity contribution is -0.116. The fourth-order valence-electron chi connectivity index (χ4n) is 3.84. The molecule has 1 aliphatic rings. The third-order valence-electron chi connectivity index (χ3n) is 5.68. The molecule has 1 aliphatic carbocycles. The molecule has 0 aliphatic heterocycles. The largest absolute Gasteiger partial charge is 0.326 e. The SMILES string of the molecule is CCCCC(=O)Nc1cccc(SC(CC)C(=O)Nc2sc3c(c2C#N)CCC(C)C3)c1. The van der Waals surface area contributed by atoms with Gasteiger partial charge < -0.3 is 10.6 Å². The Balaban J connectivity index is 1.68. The molecule has 1 heterocycles. The lowest BCUT2D eigenvalue weighted by atomic mass is 9.88. The molecule has 170 valence electrons. The van der Waals surface area contributed by atoms with Crippen LogP contribution in [0.2, 0.25) is 0 Å². The van der Waals surface area contributed by atoms with Crippen LogP contribution in [-0.4, -0.2) is 17.1 Å². The number of unbranched alkanes of at least 4 members (excludes halogenated alkanes) is 1. The standard InChI is InChI=1S/C25H31N3O2S2/c1-4-6-10-23(29)27-17-8-7-9-18(14-17)31-21(5-2)24(30)28-25-20(15-26)19-12-11-16(3)13-22(19)32-25/h7-9,14,16,21H,4-6,10-13H2,1-3H3,(H,27,29)(H,28,30). The molecular formula is C25H31N3O2S2. The highest BCUT2D eigenvalue weighted by atomic mass is 32.2. The molecule has 2 aromatic rings. The van der Waals surface area contributed by atoms with Crippen LogP contribution in [0.5, 0.6) is 0 Å². The molecule has 3 rings (SSSR count). The summed E-state index contributed by atoms with van der Waals surface area (Å²) >= 11 is 3.04. The Hall–Kier alpha value is -2.30. The molecule has 1 aromatic heterocycles. The number of nitrogens with one attached hydrogen (secondary N) is 2. The fraction of sp³-hybridized carbons (Fsp3) is 0.480. The maximum Gasteiger partial charge on any atom is 0.238 e. The van der Waals surface area contributed by atoms with E-state index >= 15 is 0 Å². The number of carbonyl (C=O) groups excluding carboxylic acids is 2. The average Bonchev–Trinajstić information content (AvgIpc) is 3.11. The summed E-state index contributed by atoms with van der Waals surface area (Å²) in [5.74, 6) is 0.543. The van der Waals surface area contributed by atoms with Crippen molar-refractivity contribution in [3.05, 3.63) is 40.3 Å². The van der Waals surface area contributed by atoms with Gasteiger partial charge in [-0.1, -0.05) is 33.3 Å². The average molecular weight is 470 g/mol. The zero-order valence-corrected chi connectivity index (χ0v) is 20.6. The van der Waals surface area contributed by atoms with Gasteiger partial charge in [0.05, 0.1) is 10.8 Å². The molecular weight excluding hydrogens is 438 g/mol. The van der Waals surface area contributed by atoms with Crippen LogP contribution in [0.4, 0.5) is 10.7 Å². The number of hydrogen-bond donors (Lipinski definition) is 2. The number of anilines is 2. The van der Waals surface area contributed by atoms with Crippen molar-refractivity contribution in [2.75, 3.05) is 10.6 Å². The van der Waals surface area contributed by atoms with Crippen LogP contribution in [-0.2, 0) is 22.4 Å². The van der Waals surface area contributed by atoms with E-state index in [-0.39, 0.29) is 17.1 Å². The number of rotatable bonds is 9. The molecule has 7 heteroatoms. The number of benzene rings is 1. The van der Waals surface area contributed by atoms with Crippen LogP contribution in [0.25, 0.3) is 0 Å². The molecule has 2 unspecified atom stereocenters. The summed E-state index contributed by atoms with van der Waals surface area (Å²) < 4.78 is 0.